The lowest BCUT2D eigenvalue weighted by molar-refractivity contribution is -0.0436. The van der Waals surface area contributed by atoms with Crippen molar-refractivity contribution in [3.8, 4) is 0 Å². The minimum absolute atomic E-state index is 0.248. The summed E-state index contributed by atoms with van der Waals surface area (Å²) in [5.41, 5.74) is -5.06. The first-order chi connectivity index (χ1) is 4.83. The van der Waals surface area contributed by atoms with Crippen LogP contribution < -0.4 is 0 Å². The van der Waals surface area contributed by atoms with Crippen molar-refractivity contribution in [2.45, 2.75) is 18.3 Å². The van der Waals surface area contributed by atoms with Gasteiger partial charge in [-0.05, 0) is 18.8 Å². The van der Waals surface area contributed by atoms with Crippen LogP contribution in [0.1, 0.15) is 12.8 Å². The third-order valence-electron chi connectivity index (χ3n) is 1.50. The normalized spacial score (nSPS) is 20.3. The minimum atomic E-state index is -5.06. The van der Waals surface area contributed by atoms with Gasteiger partial charge >= 0.3 is 5.51 Å². The Morgan fingerprint density at radius 2 is 1.73 bits per heavy atom. The van der Waals surface area contributed by atoms with Gasteiger partial charge in [0.25, 0.3) is 0 Å². The van der Waals surface area contributed by atoms with Gasteiger partial charge in [-0.15, -0.1) is 0 Å². The van der Waals surface area contributed by atoms with Crippen LogP contribution in [0, 0.1) is 5.92 Å². The molecule has 1 rings (SSSR count). The Labute approximate surface area is 62.3 Å². The van der Waals surface area contributed by atoms with Crippen molar-refractivity contribution in [1.29, 1.82) is 0 Å². The van der Waals surface area contributed by atoms with Gasteiger partial charge in [0.1, 0.15) is 0 Å². The molecule has 0 atom stereocenters. The lowest BCUT2D eigenvalue weighted by atomic mass is 10.5. The van der Waals surface area contributed by atoms with Crippen molar-refractivity contribution in [3.05, 3.63) is 0 Å². The Bertz CT molecular complexity index is 237. The number of hydrogen-bond donors (Lipinski definition) is 0. The zero-order valence-corrected chi connectivity index (χ0v) is 6.37. The van der Waals surface area contributed by atoms with Crippen molar-refractivity contribution < 1.29 is 21.6 Å². The first-order valence-electron chi connectivity index (χ1n) is 3.12. The summed E-state index contributed by atoms with van der Waals surface area (Å²) in [5.74, 6) is -0.974. The Morgan fingerprint density at radius 1 is 1.27 bits per heavy atom. The molecule has 0 radical (unpaired) electrons. The van der Waals surface area contributed by atoms with Crippen LogP contribution in [0.25, 0.3) is 0 Å². The highest BCUT2D eigenvalue weighted by Crippen LogP contribution is 2.35. The summed E-state index contributed by atoms with van der Waals surface area (Å²) >= 11 is 0. The first-order valence-corrected chi connectivity index (χ1v) is 4.77. The largest absolute Gasteiger partial charge is 0.497 e. The molecular weight excluding hydrogens is 181 g/mol. The smallest absolute Gasteiger partial charge is 0.220 e. The Kier molecular flexibility index (Phi) is 1.90. The summed E-state index contributed by atoms with van der Waals surface area (Å²) in [5, 5.41) is 0. The second-order valence-corrected chi connectivity index (χ2v) is 4.70. The Morgan fingerprint density at radius 3 is 2.00 bits per heavy atom. The highest BCUT2D eigenvalue weighted by atomic mass is 32.2. The molecule has 0 aromatic carbocycles. The maximum absolute atomic E-state index is 11.6. The van der Waals surface area contributed by atoms with Crippen LogP contribution in [-0.2, 0) is 9.84 Å². The minimum Gasteiger partial charge on any atom is -0.220 e. The van der Waals surface area contributed by atoms with E-state index in [1.807, 2.05) is 0 Å². The molecule has 0 N–H and O–H groups in total. The van der Waals surface area contributed by atoms with Crippen LogP contribution in [0.3, 0.4) is 0 Å². The van der Waals surface area contributed by atoms with Gasteiger partial charge < -0.3 is 0 Å². The fourth-order valence-electron chi connectivity index (χ4n) is 0.689. The number of alkyl halides is 3. The fraction of sp³-hybridized carbons (Fsp3) is 1.00. The number of hydrogen-bond acceptors (Lipinski definition) is 2. The molecule has 11 heavy (non-hydrogen) atoms. The van der Waals surface area contributed by atoms with Crippen molar-refractivity contribution in [3.63, 3.8) is 0 Å². The van der Waals surface area contributed by atoms with E-state index in [4.69, 9.17) is 0 Å². The van der Waals surface area contributed by atoms with Gasteiger partial charge in [0.05, 0.1) is 5.75 Å². The average molecular weight is 188 g/mol. The van der Waals surface area contributed by atoms with E-state index in [1.165, 1.54) is 0 Å². The van der Waals surface area contributed by atoms with Crippen LogP contribution in [0.5, 0.6) is 0 Å². The van der Waals surface area contributed by atoms with Crippen LogP contribution in [0.4, 0.5) is 13.2 Å². The predicted molar refractivity (Wildman–Crippen MR) is 32.6 cm³/mol. The second-order valence-electron chi connectivity index (χ2n) is 2.67. The quantitative estimate of drug-likeness (QED) is 0.655. The zero-order valence-electron chi connectivity index (χ0n) is 5.56. The SMILES string of the molecule is O=S(=O)(CC1CC1)C(F)(F)F. The zero-order chi connectivity index (χ0) is 8.70. The monoisotopic (exact) mass is 188 g/mol. The molecule has 0 bridgehead atoms. The van der Waals surface area contributed by atoms with E-state index >= 15 is 0 Å². The molecule has 1 aliphatic carbocycles. The van der Waals surface area contributed by atoms with Crippen LogP contribution in [-0.4, -0.2) is 19.7 Å². The lowest BCUT2D eigenvalue weighted by Gasteiger charge is -2.05. The Balaban J connectivity index is 2.65. The molecular formula is C5H7F3O2S. The molecule has 0 amide bonds. The van der Waals surface area contributed by atoms with Gasteiger partial charge in [0.2, 0.25) is 9.84 Å². The van der Waals surface area contributed by atoms with Gasteiger partial charge in [-0.2, -0.15) is 13.2 Å². The summed E-state index contributed by atoms with van der Waals surface area (Å²) in [4.78, 5) is 0. The third kappa shape index (κ3) is 2.08. The summed E-state index contributed by atoms with van der Waals surface area (Å²) in [6.07, 6.45) is 1.21. The second kappa shape index (κ2) is 2.36. The van der Waals surface area contributed by atoms with E-state index in [2.05, 4.69) is 0 Å². The standard InChI is InChI=1S/C5H7F3O2S/c6-5(7,8)11(9,10)3-4-1-2-4/h4H,1-3H2. The van der Waals surface area contributed by atoms with Crippen LogP contribution in [0.15, 0.2) is 0 Å². The number of halogens is 3. The van der Waals surface area contributed by atoms with Crippen molar-refractivity contribution in [2.75, 3.05) is 5.75 Å². The fourth-order valence-corrected chi connectivity index (χ4v) is 1.83. The van der Waals surface area contributed by atoms with E-state index in [1.54, 1.807) is 0 Å². The van der Waals surface area contributed by atoms with Gasteiger partial charge in [-0.25, -0.2) is 8.42 Å². The molecule has 0 saturated heterocycles. The van der Waals surface area contributed by atoms with Gasteiger partial charge in [0.15, 0.2) is 0 Å². The van der Waals surface area contributed by atoms with Crippen molar-refractivity contribution in [1.82, 2.24) is 0 Å². The molecule has 1 saturated carbocycles. The van der Waals surface area contributed by atoms with E-state index in [0.717, 1.165) is 0 Å². The molecule has 0 aromatic heterocycles. The molecule has 66 valence electrons. The molecule has 0 spiro atoms. The van der Waals surface area contributed by atoms with Gasteiger partial charge in [-0.3, -0.25) is 0 Å². The van der Waals surface area contributed by atoms with Gasteiger partial charge in [0, 0.05) is 0 Å². The summed E-state index contributed by atoms with van der Waals surface area (Å²) in [6.45, 7) is 0. The molecule has 0 aliphatic heterocycles. The molecule has 6 heteroatoms. The highest BCUT2D eigenvalue weighted by molar-refractivity contribution is 7.92. The molecule has 0 heterocycles. The maximum atomic E-state index is 11.6. The molecule has 2 nitrogen and oxygen atoms in total. The lowest BCUT2D eigenvalue weighted by Crippen LogP contribution is -2.26. The average Bonchev–Trinajstić information content (AvgIpc) is 2.45. The summed E-state index contributed by atoms with van der Waals surface area (Å²) < 4.78 is 55.7. The van der Waals surface area contributed by atoms with E-state index in [9.17, 15) is 21.6 Å². The molecule has 1 fully saturated rings. The molecule has 0 aromatic rings. The summed E-state index contributed by atoms with van der Waals surface area (Å²) in [6, 6.07) is 0. The number of rotatable bonds is 2. The molecule has 0 unspecified atom stereocenters. The van der Waals surface area contributed by atoms with E-state index in [0.29, 0.717) is 12.8 Å². The van der Waals surface area contributed by atoms with E-state index in [-0.39, 0.29) is 5.92 Å². The van der Waals surface area contributed by atoms with Crippen LogP contribution >= 0.6 is 0 Å². The summed E-state index contributed by atoms with van der Waals surface area (Å²) in [7, 11) is -4.83. The molecule has 1 aliphatic rings. The van der Waals surface area contributed by atoms with E-state index < -0.39 is 21.1 Å². The number of sulfone groups is 1. The van der Waals surface area contributed by atoms with Gasteiger partial charge in [-0.1, -0.05) is 0 Å². The Hall–Kier alpha value is -0.260. The van der Waals surface area contributed by atoms with Crippen LogP contribution in [0.2, 0.25) is 0 Å². The maximum Gasteiger partial charge on any atom is 0.497 e. The highest BCUT2D eigenvalue weighted by Gasteiger charge is 2.47. The first kappa shape index (κ1) is 8.83. The topological polar surface area (TPSA) is 34.1 Å². The predicted octanol–water partition coefficient (Wildman–Crippen LogP) is 1.33. The third-order valence-corrected chi connectivity index (χ3v) is 3.12. The van der Waals surface area contributed by atoms with Crippen molar-refractivity contribution in [2.24, 2.45) is 5.92 Å². The van der Waals surface area contributed by atoms with Crippen molar-refractivity contribution >= 4 is 9.84 Å².